The Bertz CT molecular complexity index is 1040. The summed E-state index contributed by atoms with van der Waals surface area (Å²) in [6.07, 6.45) is 3.39. The van der Waals surface area contributed by atoms with Crippen LogP contribution in [-0.2, 0) is 13.6 Å². The molecule has 0 spiro atoms. The fourth-order valence-corrected chi connectivity index (χ4v) is 3.60. The second kappa shape index (κ2) is 7.55. The van der Waals surface area contributed by atoms with Crippen molar-refractivity contribution in [2.75, 3.05) is 50.1 Å². The fraction of sp³-hybridized carbons (Fsp3) is 0.400. The van der Waals surface area contributed by atoms with Crippen LogP contribution in [0.2, 0.25) is 0 Å². The molecule has 8 heteroatoms. The number of nitrogens with zero attached hydrogens (tertiary/aromatic N) is 7. The normalized spacial score (nSPS) is 15.2. The Morgan fingerprint density at radius 3 is 2.57 bits per heavy atom. The highest BCUT2D eigenvalue weighted by molar-refractivity contribution is 5.91. The van der Waals surface area contributed by atoms with E-state index in [2.05, 4.69) is 43.1 Å². The zero-order valence-corrected chi connectivity index (χ0v) is 16.5. The summed E-state index contributed by atoms with van der Waals surface area (Å²) in [7, 11) is 5.67. The van der Waals surface area contributed by atoms with E-state index in [9.17, 15) is 4.79 Å². The van der Waals surface area contributed by atoms with Gasteiger partial charge in [-0.05, 0) is 23.8 Å². The van der Waals surface area contributed by atoms with Gasteiger partial charge in [-0.1, -0.05) is 0 Å². The first-order chi connectivity index (χ1) is 13.5. The molecule has 0 saturated carbocycles. The molecule has 3 aromatic rings. The van der Waals surface area contributed by atoms with E-state index in [0.29, 0.717) is 0 Å². The van der Waals surface area contributed by atoms with Crippen LogP contribution in [0.15, 0.2) is 41.6 Å². The molecule has 0 aliphatic carbocycles. The van der Waals surface area contributed by atoms with Crippen LogP contribution >= 0.6 is 0 Å². The number of rotatable bonds is 4. The predicted octanol–water partition coefficient (Wildman–Crippen LogP) is 1.11. The van der Waals surface area contributed by atoms with Gasteiger partial charge in [-0.2, -0.15) is 5.10 Å². The van der Waals surface area contributed by atoms with Gasteiger partial charge in [0.1, 0.15) is 12.1 Å². The molecule has 146 valence electrons. The molecule has 0 radical (unpaired) electrons. The number of hydrogen-bond acceptors (Lipinski definition) is 7. The van der Waals surface area contributed by atoms with Gasteiger partial charge in [0.25, 0.3) is 5.56 Å². The van der Waals surface area contributed by atoms with Crippen molar-refractivity contribution in [1.29, 1.82) is 0 Å². The van der Waals surface area contributed by atoms with Crippen LogP contribution in [0.1, 0.15) is 5.56 Å². The summed E-state index contributed by atoms with van der Waals surface area (Å²) in [6, 6.07) is 8.06. The predicted molar refractivity (Wildman–Crippen MR) is 111 cm³/mol. The zero-order valence-electron chi connectivity index (χ0n) is 16.5. The molecule has 4 rings (SSSR count). The van der Waals surface area contributed by atoms with Crippen molar-refractivity contribution in [2.45, 2.75) is 6.54 Å². The van der Waals surface area contributed by atoms with Crippen LogP contribution in [0.4, 0.5) is 11.5 Å². The maximum absolute atomic E-state index is 11.8. The smallest absolute Gasteiger partial charge is 0.266 e. The minimum absolute atomic E-state index is 0.0637. The molecule has 1 aliphatic rings. The number of aromatic nitrogens is 4. The lowest BCUT2D eigenvalue weighted by Gasteiger charge is -2.36. The van der Waals surface area contributed by atoms with Crippen LogP contribution in [-0.4, -0.2) is 64.9 Å². The lowest BCUT2D eigenvalue weighted by Crippen LogP contribution is -2.46. The molecular formula is C20H25N7O. The number of aryl methyl sites for hydroxylation is 1. The van der Waals surface area contributed by atoms with Gasteiger partial charge >= 0.3 is 0 Å². The Labute approximate surface area is 164 Å². The number of anilines is 2. The summed E-state index contributed by atoms with van der Waals surface area (Å²) < 4.78 is 1.35. The van der Waals surface area contributed by atoms with Crippen LogP contribution in [0.3, 0.4) is 0 Å². The SMILES string of the molecule is CN(C)c1ncnc2ccc(N3CCN(Cc4cnn(C)c(=O)c4)CC3)cc12. The van der Waals surface area contributed by atoms with Crippen molar-refractivity contribution in [2.24, 2.45) is 7.05 Å². The van der Waals surface area contributed by atoms with E-state index in [1.807, 2.05) is 19.0 Å². The molecule has 0 unspecified atom stereocenters. The molecule has 1 aliphatic heterocycles. The van der Waals surface area contributed by atoms with Gasteiger partial charge in [-0.25, -0.2) is 14.6 Å². The lowest BCUT2D eigenvalue weighted by atomic mass is 10.1. The van der Waals surface area contributed by atoms with Crippen molar-refractivity contribution >= 4 is 22.4 Å². The van der Waals surface area contributed by atoms with Crippen LogP contribution in [0.5, 0.6) is 0 Å². The molecule has 0 bridgehead atoms. The van der Waals surface area contributed by atoms with E-state index >= 15 is 0 Å². The third-order valence-electron chi connectivity index (χ3n) is 5.19. The van der Waals surface area contributed by atoms with Crippen molar-refractivity contribution in [3.05, 3.63) is 52.7 Å². The van der Waals surface area contributed by atoms with Crippen molar-refractivity contribution < 1.29 is 0 Å². The topological polar surface area (TPSA) is 70.4 Å². The Kier molecular flexibility index (Phi) is 4.95. The first kappa shape index (κ1) is 18.4. The van der Waals surface area contributed by atoms with Gasteiger partial charge in [0.2, 0.25) is 0 Å². The minimum atomic E-state index is -0.0637. The van der Waals surface area contributed by atoms with Crippen molar-refractivity contribution in [1.82, 2.24) is 24.6 Å². The lowest BCUT2D eigenvalue weighted by molar-refractivity contribution is 0.249. The molecule has 0 amide bonds. The summed E-state index contributed by atoms with van der Waals surface area (Å²) >= 11 is 0. The van der Waals surface area contributed by atoms with Crippen molar-refractivity contribution in [3.63, 3.8) is 0 Å². The summed E-state index contributed by atoms with van der Waals surface area (Å²) in [5.41, 5.74) is 3.06. The third kappa shape index (κ3) is 3.68. The second-order valence-corrected chi connectivity index (χ2v) is 7.38. The van der Waals surface area contributed by atoms with Gasteiger partial charge in [0.15, 0.2) is 0 Å². The van der Waals surface area contributed by atoms with Crippen LogP contribution in [0.25, 0.3) is 10.9 Å². The third-order valence-corrected chi connectivity index (χ3v) is 5.19. The molecular weight excluding hydrogens is 354 g/mol. The van der Waals surface area contributed by atoms with E-state index in [1.54, 1.807) is 25.6 Å². The van der Waals surface area contributed by atoms with E-state index in [0.717, 1.165) is 55.0 Å². The first-order valence-corrected chi connectivity index (χ1v) is 9.43. The molecule has 8 nitrogen and oxygen atoms in total. The van der Waals surface area contributed by atoms with Gasteiger partial charge in [-0.15, -0.1) is 0 Å². The molecule has 3 heterocycles. The number of benzene rings is 1. The zero-order chi connectivity index (χ0) is 19.7. The average Bonchev–Trinajstić information content (AvgIpc) is 2.70. The van der Waals surface area contributed by atoms with Crippen LogP contribution in [0, 0.1) is 0 Å². The standard InChI is InChI=1S/C20H25N7O/c1-24(2)20-17-11-16(4-5-18(17)21-14-22-20)27-8-6-26(7-9-27)13-15-10-19(28)25(3)23-12-15/h4-5,10-12,14H,6-9,13H2,1-3H3. The van der Waals surface area contributed by atoms with Crippen molar-refractivity contribution in [3.8, 4) is 0 Å². The van der Waals surface area contributed by atoms with Gasteiger partial charge in [0, 0.05) is 71.0 Å². The molecule has 0 atom stereocenters. The summed E-state index contributed by atoms with van der Waals surface area (Å²) in [4.78, 5) is 27.3. The largest absolute Gasteiger partial charge is 0.369 e. The number of fused-ring (bicyclic) bond motifs is 1. The van der Waals surface area contributed by atoms with Gasteiger partial charge < -0.3 is 9.80 Å². The minimum Gasteiger partial charge on any atom is -0.369 e. The van der Waals surface area contributed by atoms with E-state index in [1.165, 1.54) is 10.4 Å². The first-order valence-electron chi connectivity index (χ1n) is 9.43. The van der Waals surface area contributed by atoms with Gasteiger partial charge in [0.05, 0.1) is 11.7 Å². The van der Waals surface area contributed by atoms with Crippen LogP contribution < -0.4 is 15.4 Å². The Hall–Kier alpha value is -3.00. The maximum atomic E-state index is 11.8. The quantitative estimate of drug-likeness (QED) is 0.673. The summed E-state index contributed by atoms with van der Waals surface area (Å²) in [5.74, 6) is 0.934. The number of hydrogen-bond donors (Lipinski definition) is 0. The fourth-order valence-electron chi connectivity index (χ4n) is 3.60. The summed E-state index contributed by atoms with van der Waals surface area (Å²) in [6.45, 7) is 4.52. The summed E-state index contributed by atoms with van der Waals surface area (Å²) in [5, 5.41) is 5.18. The molecule has 2 aromatic heterocycles. The van der Waals surface area contributed by atoms with E-state index in [4.69, 9.17) is 0 Å². The van der Waals surface area contributed by atoms with Gasteiger partial charge in [-0.3, -0.25) is 9.69 Å². The Morgan fingerprint density at radius 1 is 1.07 bits per heavy atom. The molecule has 1 saturated heterocycles. The molecule has 28 heavy (non-hydrogen) atoms. The van der Waals surface area contributed by atoms with E-state index < -0.39 is 0 Å². The Balaban J connectivity index is 1.46. The monoisotopic (exact) mass is 379 g/mol. The highest BCUT2D eigenvalue weighted by atomic mass is 16.1. The highest BCUT2D eigenvalue weighted by Crippen LogP contribution is 2.27. The number of piperazine rings is 1. The average molecular weight is 379 g/mol. The molecule has 0 N–H and O–H groups in total. The maximum Gasteiger partial charge on any atom is 0.266 e. The second-order valence-electron chi connectivity index (χ2n) is 7.38. The molecule has 1 fully saturated rings. The van der Waals surface area contributed by atoms with E-state index in [-0.39, 0.29) is 5.56 Å². The molecule has 1 aromatic carbocycles. The Morgan fingerprint density at radius 2 is 1.86 bits per heavy atom. The highest BCUT2D eigenvalue weighted by Gasteiger charge is 2.18.